The standard InChI is InChI=1S/C19H16N2O2S2/c1-12-4-3-5-14(10-12)11-17-18(23)21(19(24)25-17)16-8-6-15(7-9-16)20-13(2)22/h3-11H,1-2H3,(H,20,22)/b17-11-. The molecule has 126 valence electrons. The molecule has 0 aromatic heterocycles. The average molecular weight is 368 g/mol. The number of carbonyl (C=O) groups is 2. The third kappa shape index (κ3) is 3.97. The molecule has 0 aliphatic carbocycles. The van der Waals surface area contributed by atoms with Crippen molar-refractivity contribution < 1.29 is 9.59 Å². The first kappa shape index (κ1) is 17.4. The highest BCUT2D eigenvalue weighted by Crippen LogP contribution is 2.36. The summed E-state index contributed by atoms with van der Waals surface area (Å²) in [4.78, 5) is 26.0. The number of thiocarbonyl (C=S) groups is 1. The molecule has 1 N–H and O–H groups in total. The Balaban J connectivity index is 1.85. The second-order valence-electron chi connectivity index (χ2n) is 5.66. The number of hydrogen-bond donors (Lipinski definition) is 1. The second-order valence-corrected chi connectivity index (χ2v) is 7.34. The first-order valence-electron chi connectivity index (χ1n) is 7.66. The molecule has 1 fully saturated rings. The van der Waals surface area contributed by atoms with Crippen molar-refractivity contribution in [3.63, 3.8) is 0 Å². The van der Waals surface area contributed by atoms with Gasteiger partial charge in [0.1, 0.15) is 0 Å². The van der Waals surface area contributed by atoms with Gasteiger partial charge in [-0.2, -0.15) is 0 Å². The van der Waals surface area contributed by atoms with Crippen LogP contribution in [0.3, 0.4) is 0 Å². The maximum atomic E-state index is 12.7. The summed E-state index contributed by atoms with van der Waals surface area (Å²) in [7, 11) is 0. The van der Waals surface area contributed by atoms with Crippen molar-refractivity contribution in [3.8, 4) is 0 Å². The second kappa shape index (κ2) is 7.21. The smallest absolute Gasteiger partial charge is 0.270 e. The molecule has 25 heavy (non-hydrogen) atoms. The molecule has 0 atom stereocenters. The molecule has 1 aliphatic heterocycles. The number of aryl methyl sites for hydroxylation is 1. The zero-order valence-electron chi connectivity index (χ0n) is 13.8. The molecule has 6 heteroatoms. The highest BCUT2D eigenvalue weighted by molar-refractivity contribution is 8.27. The van der Waals surface area contributed by atoms with Crippen LogP contribution in [0.2, 0.25) is 0 Å². The van der Waals surface area contributed by atoms with Gasteiger partial charge in [0.25, 0.3) is 5.91 Å². The minimum Gasteiger partial charge on any atom is -0.326 e. The van der Waals surface area contributed by atoms with Crippen LogP contribution in [0.15, 0.2) is 53.4 Å². The lowest BCUT2D eigenvalue weighted by Crippen LogP contribution is -2.27. The van der Waals surface area contributed by atoms with Gasteiger partial charge in [0.05, 0.1) is 10.6 Å². The first-order valence-corrected chi connectivity index (χ1v) is 8.89. The molecule has 1 heterocycles. The summed E-state index contributed by atoms with van der Waals surface area (Å²) in [5.74, 6) is -0.275. The van der Waals surface area contributed by atoms with Gasteiger partial charge in [-0.1, -0.05) is 53.8 Å². The molecule has 2 amide bonds. The van der Waals surface area contributed by atoms with Crippen LogP contribution in [0.5, 0.6) is 0 Å². The molecule has 3 rings (SSSR count). The molecular formula is C19H16N2O2S2. The topological polar surface area (TPSA) is 49.4 Å². The Morgan fingerprint density at radius 2 is 1.92 bits per heavy atom. The molecular weight excluding hydrogens is 352 g/mol. The molecule has 1 saturated heterocycles. The monoisotopic (exact) mass is 368 g/mol. The fourth-order valence-electron chi connectivity index (χ4n) is 2.50. The van der Waals surface area contributed by atoms with Gasteiger partial charge < -0.3 is 5.32 Å². The largest absolute Gasteiger partial charge is 0.326 e. The first-order chi connectivity index (χ1) is 11.9. The van der Waals surface area contributed by atoms with Crippen molar-refractivity contribution in [2.24, 2.45) is 0 Å². The summed E-state index contributed by atoms with van der Waals surface area (Å²) < 4.78 is 0.496. The predicted octanol–water partition coefficient (Wildman–Crippen LogP) is 4.36. The van der Waals surface area contributed by atoms with E-state index < -0.39 is 0 Å². The van der Waals surface area contributed by atoms with Gasteiger partial charge in [-0.3, -0.25) is 14.5 Å². The molecule has 0 radical (unpaired) electrons. The van der Waals surface area contributed by atoms with E-state index in [2.05, 4.69) is 5.32 Å². The van der Waals surface area contributed by atoms with E-state index in [1.54, 1.807) is 24.3 Å². The van der Waals surface area contributed by atoms with Crippen molar-refractivity contribution in [2.75, 3.05) is 10.2 Å². The number of thioether (sulfide) groups is 1. The number of hydrogen-bond acceptors (Lipinski definition) is 4. The highest BCUT2D eigenvalue weighted by atomic mass is 32.2. The zero-order chi connectivity index (χ0) is 18.0. The van der Waals surface area contributed by atoms with Crippen LogP contribution in [-0.4, -0.2) is 16.1 Å². The predicted molar refractivity (Wildman–Crippen MR) is 108 cm³/mol. The SMILES string of the molecule is CC(=O)Nc1ccc(N2C(=O)/C(=C/c3cccc(C)c3)SC2=S)cc1. The number of nitrogens with one attached hydrogen (secondary N) is 1. The Morgan fingerprint density at radius 1 is 1.20 bits per heavy atom. The quantitative estimate of drug-likeness (QED) is 0.646. The van der Waals surface area contributed by atoms with E-state index in [-0.39, 0.29) is 11.8 Å². The Labute approximate surface area is 155 Å². The minimum absolute atomic E-state index is 0.135. The Hall–Kier alpha value is -2.44. The van der Waals surface area contributed by atoms with Gasteiger partial charge in [-0.05, 0) is 42.8 Å². The van der Waals surface area contributed by atoms with Crippen LogP contribution < -0.4 is 10.2 Å². The summed E-state index contributed by atoms with van der Waals surface area (Å²) in [6.07, 6.45) is 1.86. The van der Waals surface area contributed by atoms with E-state index >= 15 is 0 Å². The Bertz CT molecular complexity index is 889. The van der Waals surface area contributed by atoms with Crippen molar-refractivity contribution in [1.82, 2.24) is 0 Å². The van der Waals surface area contributed by atoms with Gasteiger partial charge in [0.2, 0.25) is 5.91 Å². The van der Waals surface area contributed by atoms with Crippen LogP contribution >= 0.6 is 24.0 Å². The zero-order valence-corrected chi connectivity index (χ0v) is 15.4. The summed E-state index contributed by atoms with van der Waals surface area (Å²) in [6.45, 7) is 3.46. The maximum absolute atomic E-state index is 12.7. The molecule has 0 spiro atoms. The summed E-state index contributed by atoms with van der Waals surface area (Å²) in [5, 5.41) is 2.70. The maximum Gasteiger partial charge on any atom is 0.270 e. The van der Waals surface area contributed by atoms with Gasteiger partial charge in [-0.15, -0.1) is 0 Å². The lowest BCUT2D eigenvalue weighted by molar-refractivity contribution is -0.114. The summed E-state index contributed by atoms with van der Waals surface area (Å²) in [5.41, 5.74) is 3.47. The normalized spacial score (nSPS) is 15.8. The highest BCUT2D eigenvalue weighted by Gasteiger charge is 2.33. The number of nitrogens with zero attached hydrogens (tertiary/aromatic N) is 1. The molecule has 0 bridgehead atoms. The van der Waals surface area contributed by atoms with Gasteiger partial charge in [0.15, 0.2) is 4.32 Å². The van der Waals surface area contributed by atoms with Crippen molar-refractivity contribution in [2.45, 2.75) is 13.8 Å². The number of anilines is 2. The third-order valence-corrected chi connectivity index (χ3v) is 4.88. The Morgan fingerprint density at radius 3 is 2.56 bits per heavy atom. The molecule has 4 nitrogen and oxygen atoms in total. The van der Waals surface area contributed by atoms with E-state index in [0.29, 0.717) is 20.6 Å². The van der Waals surface area contributed by atoms with Crippen LogP contribution in [0.4, 0.5) is 11.4 Å². The van der Waals surface area contributed by atoms with Gasteiger partial charge in [-0.25, -0.2) is 0 Å². The lowest BCUT2D eigenvalue weighted by atomic mass is 10.1. The lowest BCUT2D eigenvalue weighted by Gasteiger charge is -2.15. The molecule has 2 aromatic rings. The van der Waals surface area contributed by atoms with Crippen LogP contribution in [0, 0.1) is 6.92 Å². The van der Waals surface area contributed by atoms with E-state index in [1.165, 1.54) is 23.6 Å². The van der Waals surface area contributed by atoms with Crippen LogP contribution in [0.1, 0.15) is 18.1 Å². The minimum atomic E-state index is -0.139. The fraction of sp³-hybridized carbons (Fsp3) is 0.105. The van der Waals surface area contributed by atoms with E-state index in [9.17, 15) is 9.59 Å². The van der Waals surface area contributed by atoms with Gasteiger partial charge in [0, 0.05) is 12.6 Å². The third-order valence-electron chi connectivity index (χ3n) is 3.58. The number of carbonyl (C=O) groups excluding carboxylic acids is 2. The van der Waals surface area contributed by atoms with E-state index in [0.717, 1.165) is 11.1 Å². The molecule has 0 saturated carbocycles. The van der Waals surface area contributed by atoms with Crippen molar-refractivity contribution in [3.05, 3.63) is 64.6 Å². The summed E-state index contributed by atoms with van der Waals surface area (Å²) >= 11 is 6.67. The van der Waals surface area contributed by atoms with Gasteiger partial charge >= 0.3 is 0 Å². The summed E-state index contributed by atoms with van der Waals surface area (Å²) in [6, 6.07) is 15.0. The van der Waals surface area contributed by atoms with Crippen LogP contribution in [-0.2, 0) is 9.59 Å². The molecule has 2 aromatic carbocycles. The molecule has 1 aliphatic rings. The number of rotatable bonds is 3. The van der Waals surface area contributed by atoms with E-state index in [1.807, 2.05) is 37.3 Å². The van der Waals surface area contributed by atoms with Crippen molar-refractivity contribution in [1.29, 1.82) is 0 Å². The number of benzene rings is 2. The van der Waals surface area contributed by atoms with Crippen LogP contribution in [0.25, 0.3) is 6.08 Å². The fourth-order valence-corrected chi connectivity index (χ4v) is 3.80. The Kier molecular flexibility index (Phi) is 5.01. The van der Waals surface area contributed by atoms with Crippen molar-refractivity contribution >= 4 is 57.6 Å². The average Bonchev–Trinajstić information content (AvgIpc) is 2.82. The number of amides is 2. The van der Waals surface area contributed by atoms with E-state index in [4.69, 9.17) is 12.2 Å². The molecule has 0 unspecified atom stereocenters.